The van der Waals surface area contributed by atoms with E-state index in [4.69, 9.17) is 9.47 Å². The number of rotatable bonds is 9. The van der Waals surface area contributed by atoms with Crippen LogP contribution in [0.15, 0.2) is 29.3 Å². The van der Waals surface area contributed by atoms with Crippen molar-refractivity contribution in [2.45, 2.75) is 6.54 Å². The van der Waals surface area contributed by atoms with Crippen molar-refractivity contribution in [2.75, 3.05) is 45.9 Å². The van der Waals surface area contributed by atoms with E-state index in [0.717, 1.165) is 11.3 Å². The standard InChI is InChI=1S/C15H25N3O4S.HI/c1-16-15(17-8-9-22-10-11-23(3,19)20)18-12-13-4-6-14(21-2)7-5-13;/h4-7H,8-12H2,1-3H3,(H2,16,17,18);1H. The van der Waals surface area contributed by atoms with Gasteiger partial charge in [0.25, 0.3) is 0 Å². The molecule has 24 heavy (non-hydrogen) atoms. The second-order valence-corrected chi connectivity index (χ2v) is 7.20. The minimum absolute atomic E-state index is 0. The molecule has 1 aromatic carbocycles. The molecule has 0 amide bonds. The maximum Gasteiger partial charge on any atom is 0.191 e. The predicted molar refractivity (Wildman–Crippen MR) is 107 cm³/mol. The Morgan fingerprint density at radius 3 is 2.38 bits per heavy atom. The molecular formula is C15H26IN3O4S. The first-order valence-corrected chi connectivity index (χ1v) is 9.33. The Kier molecular flexibility index (Phi) is 11.8. The van der Waals surface area contributed by atoms with E-state index in [2.05, 4.69) is 15.6 Å². The molecule has 0 aliphatic heterocycles. The lowest BCUT2D eigenvalue weighted by molar-refractivity contribution is 0.154. The molecule has 0 unspecified atom stereocenters. The molecule has 0 atom stereocenters. The molecule has 138 valence electrons. The summed E-state index contributed by atoms with van der Waals surface area (Å²) >= 11 is 0. The highest BCUT2D eigenvalue weighted by Gasteiger charge is 2.02. The number of aliphatic imine (C=N–C) groups is 1. The van der Waals surface area contributed by atoms with Crippen LogP contribution in [0.3, 0.4) is 0 Å². The van der Waals surface area contributed by atoms with Gasteiger partial charge >= 0.3 is 0 Å². The van der Waals surface area contributed by atoms with Crippen molar-refractivity contribution in [3.05, 3.63) is 29.8 Å². The molecule has 2 N–H and O–H groups in total. The van der Waals surface area contributed by atoms with E-state index < -0.39 is 9.84 Å². The summed E-state index contributed by atoms with van der Waals surface area (Å²) in [6.45, 7) is 1.81. The summed E-state index contributed by atoms with van der Waals surface area (Å²) in [5.74, 6) is 1.52. The molecule has 0 fully saturated rings. The van der Waals surface area contributed by atoms with Gasteiger partial charge in [0.05, 0.1) is 26.1 Å². The van der Waals surface area contributed by atoms with E-state index in [-0.39, 0.29) is 36.3 Å². The molecule has 0 radical (unpaired) electrons. The number of ether oxygens (including phenoxy) is 2. The van der Waals surface area contributed by atoms with Gasteiger partial charge < -0.3 is 20.1 Å². The zero-order valence-electron chi connectivity index (χ0n) is 14.2. The summed E-state index contributed by atoms with van der Waals surface area (Å²) in [6.07, 6.45) is 1.19. The maximum absolute atomic E-state index is 10.9. The quantitative estimate of drug-likeness (QED) is 0.242. The Labute approximate surface area is 161 Å². The monoisotopic (exact) mass is 471 g/mol. The first-order valence-electron chi connectivity index (χ1n) is 7.27. The lowest BCUT2D eigenvalue weighted by atomic mass is 10.2. The number of hydrogen-bond acceptors (Lipinski definition) is 5. The van der Waals surface area contributed by atoms with Crippen molar-refractivity contribution in [3.8, 4) is 5.75 Å². The smallest absolute Gasteiger partial charge is 0.191 e. The second kappa shape index (κ2) is 12.3. The Morgan fingerprint density at radius 1 is 1.17 bits per heavy atom. The first kappa shape index (κ1) is 22.9. The summed E-state index contributed by atoms with van der Waals surface area (Å²) in [6, 6.07) is 7.77. The Balaban J connectivity index is 0.00000529. The molecular weight excluding hydrogens is 445 g/mol. The molecule has 9 heteroatoms. The van der Waals surface area contributed by atoms with Crippen LogP contribution in [-0.4, -0.2) is 60.3 Å². The third kappa shape index (κ3) is 10.7. The average molecular weight is 471 g/mol. The fourth-order valence-corrected chi connectivity index (χ4v) is 2.12. The van der Waals surface area contributed by atoms with Crippen molar-refractivity contribution >= 4 is 39.8 Å². The van der Waals surface area contributed by atoms with E-state index >= 15 is 0 Å². The number of guanidine groups is 1. The van der Waals surface area contributed by atoms with E-state index in [1.54, 1.807) is 14.2 Å². The molecule has 0 saturated heterocycles. The second-order valence-electron chi connectivity index (χ2n) is 4.94. The average Bonchev–Trinajstić information content (AvgIpc) is 2.53. The summed E-state index contributed by atoms with van der Waals surface area (Å²) in [5.41, 5.74) is 1.11. The van der Waals surface area contributed by atoms with Gasteiger partial charge in [0.2, 0.25) is 0 Å². The molecule has 1 rings (SSSR count). The van der Waals surface area contributed by atoms with Crippen molar-refractivity contribution in [1.29, 1.82) is 0 Å². The number of halogens is 1. The minimum Gasteiger partial charge on any atom is -0.497 e. The number of sulfone groups is 1. The molecule has 0 aliphatic carbocycles. The van der Waals surface area contributed by atoms with Crippen molar-refractivity contribution in [2.24, 2.45) is 4.99 Å². The van der Waals surface area contributed by atoms with Crippen LogP contribution in [-0.2, 0) is 21.1 Å². The van der Waals surface area contributed by atoms with Gasteiger partial charge in [0.15, 0.2) is 5.96 Å². The van der Waals surface area contributed by atoms with Crippen molar-refractivity contribution < 1.29 is 17.9 Å². The molecule has 0 saturated carbocycles. The first-order chi connectivity index (χ1) is 10.9. The van der Waals surface area contributed by atoms with E-state index in [9.17, 15) is 8.42 Å². The summed E-state index contributed by atoms with van der Waals surface area (Å²) < 4.78 is 32.3. The van der Waals surface area contributed by atoms with Crippen molar-refractivity contribution in [3.63, 3.8) is 0 Å². The molecule has 0 bridgehead atoms. The lowest BCUT2D eigenvalue weighted by Gasteiger charge is -2.12. The zero-order valence-corrected chi connectivity index (χ0v) is 17.4. The van der Waals surface area contributed by atoms with E-state index in [0.29, 0.717) is 25.7 Å². The largest absolute Gasteiger partial charge is 0.497 e. The van der Waals surface area contributed by atoms with Gasteiger partial charge in [-0.3, -0.25) is 4.99 Å². The molecule has 0 spiro atoms. The normalized spacial score (nSPS) is 11.5. The fourth-order valence-electron chi connectivity index (χ4n) is 1.70. The molecule has 0 aromatic heterocycles. The lowest BCUT2D eigenvalue weighted by Crippen LogP contribution is -2.38. The van der Waals surface area contributed by atoms with Crippen LogP contribution in [0, 0.1) is 0 Å². The Morgan fingerprint density at radius 2 is 1.83 bits per heavy atom. The maximum atomic E-state index is 10.9. The van der Waals surface area contributed by atoms with Gasteiger partial charge in [0.1, 0.15) is 15.6 Å². The van der Waals surface area contributed by atoms with Crippen LogP contribution < -0.4 is 15.4 Å². The van der Waals surface area contributed by atoms with Crippen molar-refractivity contribution in [1.82, 2.24) is 10.6 Å². The van der Waals surface area contributed by atoms with E-state index in [1.165, 1.54) is 6.26 Å². The number of benzene rings is 1. The molecule has 0 heterocycles. The van der Waals surface area contributed by atoms with E-state index in [1.807, 2.05) is 24.3 Å². The van der Waals surface area contributed by atoms with Crippen LogP contribution in [0.4, 0.5) is 0 Å². The number of nitrogens with zero attached hydrogens (tertiary/aromatic N) is 1. The molecule has 1 aromatic rings. The molecule has 7 nitrogen and oxygen atoms in total. The van der Waals surface area contributed by atoms with Gasteiger partial charge in [0, 0.05) is 26.4 Å². The summed E-state index contributed by atoms with van der Waals surface area (Å²) in [5, 5.41) is 6.28. The molecule has 0 aliphatic rings. The highest BCUT2D eigenvalue weighted by molar-refractivity contribution is 14.0. The predicted octanol–water partition coefficient (Wildman–Crippen LogP) is 1.04. The third-order valence-corrected chi connectivity index (χ3v) is 3.89. The van der Waals surface area contributed by atoms with Gasteiger partial charge in [-0.05, 0) is 17.7 Å². The topological polar surface area (TPSA) is 89.0 Å². The fraction of sp³-hybridized carbons (Fsp3) is 0.533. The highest BCUT2D eigenvalue weighted by Crippen LogP contribution is 2.10. The highest BCUT2D eigenvalue weighted by atomic mass is 127. The van der Waals surface area contributed by atoms with Gasteiger partial charge in [-0.2, -0.15) is 0 Å². The SMILES string of the molecule is CN=C(NCCOCCS(C)(=O)=O)NCc1ccc(OC)cc1.I. The van der Waals surface area contributed by atoms with Crippen LogP contribution in [0.2, 0.25) is 0 Å². The number of methoxy groups -OCH3 is 1. The Bertz CT molecular complexity index is 591. The summed E-state index contributed by atoms with van der Waals surface area (Å²) in [4.78, 5) is 4.11. The van der Waals surface area contributed by atoms with Gasteiger partial charge in [-0.1, -0.05) is 12.1 Å². The van der Waals surface area contributed by atoms with Gasteiger partial charge in [-0.25, -0.2) is 8.42 Å². The van der Waals surface area contributed by atoms with Gasteiger partial charge in [-0.15, -0.1) is 24.0 Å². The van der Waals surface area contributed by atoms with Crippen LogP contribution in [0.25, 0.3) is 0 Å². The van der Waals surface area contributed by atoms with Crippen LogP contribution in [0.1, 0.15) is 5.56 Å². The summed E-state index contributed by atoms with van der Waals surface area (Å²) in [7, 11) is 0.357. The van der Waals surface area contributed by atoms with Crippen LogP contribution in [0.5, 0.6) is 5.75 Å². The number of hydrogen-bond donors (Lipinski definition) is 2. The zero-order chi connectivity index (χ0) is 17.1. The number of nitrogens with one attached hydrogen (secondary N) is 2. The third-order valence-electron chi connectivity index (χ3n) is 2.98. The minimum atomic E-state index is -2.97. The Hall–Kier alpha value is -1.07. The van der Waals surface area contributed by atoms with Crippen LogP contribution >= 0.6 is 24.0 Å².